The van der Waals surface area contributed by atoms with Gasteiger partial charge in [-0.25, -0.2) is 8.78 Å². The summed E-state index contributed by atoms with van der Waals surface area (Å²) in [5.41, 5.74) is 1.11. The third-order valence-electron chi connectivity index (χ3n) is 4.17. The van der Waals surface area contributed by atoms with Gasteiger partial charge in [-0.1, -0.05) is 0 Å². The number of halogens is 2. The zero-order valence-corrected chi connectivity index (χ0v) is 15.2. The zero-order chi connectivity index (χ0) is 20.4. The van der Waals surface area contributed by atoms with E-state index in [0.29, 0.717) is 13.1 Å². The molecule has 28 heavy (non-hydrogen) atoms. The fourth-order valence-electron chi connectivity index (χ4n) is 2.84. The van der Waals surface area contributed by atoms with Crippen LogP contribution in [0.4, 0.5) is 8.78 Å². The number of carboxylic acid groups (broad SMARTS) is 1. The minimum atomic E-state index is -0.810. The van der Waals surface area contributed by atoms with Crippen LogP contribution in [0.5, 0.6) is 5.75 Å². The smallest absolute Gasteiger partial charge is 0.290 e. The normalized spacial score (nSPS) is 14.6. The summed E-state index contributed by atoms with van der Waals surface area (Å²) in [7, 11) is 0. The highest BCUT2D eigenvalue weighted by Crippen LogP contribution is 2.18. The Morgan fingerprint density at radius 3 is 2.68 bits per heavy atom. The van der Waals surface area contributed by atoms with Gasteiger partial charge in [-0.2, -0.15) is 0 Å². The third-order valence-corrected chi connectivity index (χ3v) is 4.17. The van der Waals surface area contributed by atoms with E-state index in [9.17, 15) is 13.6 Å². The quantitative estimate of drug-likeness (QED) is 0.782. The van der Waals surface area contributed by atoms with Gasteiger partial charge in [0, 0.05) is 44.4 Å². The van der Waals surface area contributed by atoms with Crippen molar-refractivity contribution in [3.05, 3.63) is 54.0 Å². The fraction of sp³-hybridized carbons (Fsp3) is 0.368. The van der Waals surface area contributed by atoms with Gasteiger partial charge in [0.2, 0.25) is 0 Å². The van der Waals surface area contributed by atoms with Gasteiger partial charge in [0.05, 0.1) is 12.5 Å². The van der Waals surface area contributed by atoms with Gasteiger partial charge < -0.3 is 19.2 Å². The molecule has 152 valence electrons. The SMILES string of the molecule is O=C(COc1ccc(F)cc1F)N1CCCN(Cc2ccoc2)CC1.O=CO. The van der Waals surface area contributed by atoms with Crippen molar-refractivity contribution in [3.8, 4) is 5.75 Å². The monoisotopic (exact) mass is 396 g/mol. The first-order valence-corrected chi connectivity index (χ1v) is 8.70. The number of rotatable bonds is 5. The van der Waals surface area contributed by atoms with E-state index >= 15 is 0 Å². The van der Waals surface area contributed by atoms with Crippen LogP contribution in [-0.2, 0) is 16.1 Å². The van der Waals surface area contributed by atoms with Crippen molar-refractivity contribution in [3.63, 3.8) is 0 Å². The molecule has 9 heteroatoms. The lowest BCUT2D eigenvalue weighted by atomic mass is 10.3. The molecule has 0 radical (unpaired) electrons. The molecule has 1 saturated heterocycles. The topological polar surface area (TPSA) is 83.2 Å². The molecule has 1 aromatic carbocycles. The Labute approximate surface area is 161 Å². The van der Waals surface area contributed by atoms with Crippen LogP contribution in [0, 0.1) is 11.6 Å². The Hall–Kier alpha value is -2.94. The second kappa shape index (κ2) is 11.0. The Bertz CT molecular complexity index is 755. The van der Waals surface area contributed by atoms with Gasteiger partial charge in [-0.3, -0.25) is 14.5 Å². The van der Waals surface area contributed by atoms with Crippen molar-refractivity contribution < 1.29 is 32.6 Å². The molecule has 1 aromatic heterocycles. The molecule has 2 aromatic rings. The summed E-state index contributed by atoms with van der Waals surface area (Å²) in [5, 5.41) is 6.89. The molecular formula is C19H22F2N2O5. The largest absolute Gasteiger partial charge is 0.483 e. The lowest BCUT2D eigenvalue weighted by Crippen LogP contribution is -2.38. The number of amides is 1. The Morgan fingerprint density at radius 2 is 2.00 bits per heavy atom. The van der Waals surface area contributed by atoms with Crippen LogP contribution in [0.3, 0.4) is 0 Å². The predicted molar refractivity (Wildman–Crippen MR) is 95.7 cm³/mol. The van der Waals surface area contributed by atoms with E-state index in [1.54, 1.807) is 17.4 Å². The second-order valence-corrected chi connectivity index (χ2v) is 6.11. The summed E-state index contributed by atoms with van der Waals surface area (Å²) in [6, 6.07) is 4.95. The number of carbonyl (C=O) groups is 2. The molecule has 2 heterocycles. The molecule has 7 nitrogen and oxygen atoms in total. The summed E-state index contributed by atoms with van der Waals surface area (Å²) < 4.78 is 36.7. The molecule has 3 rings (SSSR count). The average molecular weight is 396 g/mol. The van der Waals surface area contributed by atoms with Crippen molar-refractivity contribution in [2.75, 3.05) is 32.8 Å². The molecule has 0 bridgehead atoms. The van der Waals surface area contributed by atoms with Crippen molar-refractivity contribution in [2.24, 2.45) is 0 Å². The molecule has 1 aliphatic heterocycles. The van der Waals surface area contributed by atoms with Crippen LogP contribution < -0.4 is 4.74 Å². The van der Waals surface area contributed by atoms with E-state index in [2.05, 4.69) is 4.90 Å². The molecule has 1 N–H and O–H groups in total. The lowest BCUT2D eigenvalue weighted by Gasteiger charge is -2.21. The van der Waals surface area contributed by atoms with Crippen LogP contribution in [0.15, 0.2) is 41.2 Å². The molecular weight excluding hydrogens is 374 g/mol. The number of furan rings is 1. The minimum absolute atomic E-state index is 0.119. The molecule has 1 amide bonds. The standard InChI is InChI=1S/C18H20F2N2O3.CH2O2/c19-15-2-3-17(16(20)10-15)25-13-18(23)22-6-1-5-21(7-8-22)11-14-4-9-24-12-14;2-1-3/h2-4,9-10,12H,1,5-8,11,13H2;1H,(H,2,3). The third kappa shape index (κ3) is 6.66. The second-order valence-electron chi connectivity index (χ2n) is 6.11. The number of carbonyl (C=O) groups excluding carboxylic acids is 1. The minimum Gasteiger partial charge on any atom is -0.483 e. The zero-order valence-electron chi connectivity index (χ0n) is 15.2. The first-order chi connectivity index (χ1) is 13.5. The van der Waals surface area contributed by atoms with E-state index in [1.807, 2.05) is 6.07 Å². The number of nitrogens with zero attached hydrogens (tertiary/aromatic N) is 2. The number of hydrogen-bond acceptors (Lipinski definition) is 5. The molecule has 0 aliphatic carbocycles. The van der Waals surface area contributed by atoms with E-state index in [-0.39, 0.29) is 24.7 Å². The Balaban J connectivity index is 0.000000878. The van der Waals surface area contributed by atoms with Crippen molar-refractivity contribution in [2.45, 2.75) is 13.0 Å². The molecule has 1 aliphatic rings. The number of ether oxygens (including phenoxy) is 1. The first kappa shape index (κ1) is 21.4. The predicted octanol–water partition coefficient (Wildman–Crippen LogP) is 2.37. The highest BCUT2D eigenvalue weighted by molar-refractivity contribution is 5.77. The fourth-order valence-corrected chi connectivity index (χ4v) is 2.84. The lowest BCUT2D eigenvalue weighted by molar-refractivity contribution is -0.133. The van der Waals surface area contributed by atoms with E-state index in [4.69, 9.17) is 19.1 Å². The van der Waals surface area contributed by atoms with Crippen molar-refractivity contribution >= 4 is 12.4 Å². The molecule has 0 atom stereocenters. The first-order valence-electron chi connectivity index (χ1n) is 8.70. The van der Waals surface area contributed by atoms with E-state index < -0.39 is 11.6 Å². The molecule has 0 saturated carbocycles. The Morgan fingerprint density at radius 1 is 1.21 bits per heavy atom. The maximum atomic E-state index is 13.5. The van der Waals surface area contributed by atoms with Crippen LogP contribution in [-0.4, -0.2) is 60.1 Å². The molecule has 0 spiro atoms. The highest BCUT2D eigenvalue weighted by Gasteiger charge is 2.20. The highest BCUT2D eigenvalue weighted by atomic mass is 19.1. The van der Waals surface area contributed by atoms with Crippen LogP contribution in [0.25, 0.3) is 0 Å². The summed E-state index contributed by atoms with van der Waals surface area (Å²) in [6.45, 7) is 3.15. The van der Waals surface area contributed by atoms with Gasteiger partial charge in [0.25, 0.3) is 12.4 Å². The van der Waals surface area contributed by atoms with Gasteiger partial charge in [0.15, 0.2) is 18.2 Å². The summed E-state index contributed by atoms with van der Waals surface area (Å²) >= 11 is 0. The van der Waals surface area contributed by atoms with Gasteiger partial charge in [0.1, 0.15) is 5.82 Å². The maximum Gasteiger partial charge on any atom is 0.290 e. The number of hydrogen-bond donors (Lipinski definition) is 1. The van der Waals surface area contributed by atoms with Crippen molar-refractivity contribution in [1.82, 2.24) is 9.80 Å². The van der Waals surface area contributed by atoms with Crippen molar-refractivity contribution in [1.29, 1.82) is 0 Å². The van der Waals surface area contributed by atoms with E-state index in [0.717, 1.165) is 43.8 Å². The van der Waals surface area contributed by atoms with E-state index in [1.165, 1.54) is 6.07 Å². The van der Waals surface area contributed by atoms with Gasteiger partial charge in [-0.05, 0) is 24.6 Å². The Kier molecular flexibility index (Phi) is 8.41. The van der Waals surface area contributed by atoms with Gasteiger partial charge in [-0.15, -0.1) is 0 Å². The van der Waals surface area contributed by atoms with Crippen LogP contribution >= 0.6 is 0 Å². The van der Waals surface area contributed by atoms with Crippen LogP contribution in [0.2, 0.25) is 0 Å². The summed E-state index contributed by atoms with van der Waals surface area (Å²) in [6.07, 6.45) is 4.22. The summed E-state index contributed by atoms with van der Waals surface area (Å²) in [4.78, 5) is 24.6. The molecule has 1 fully saturated rings. The maximum absolute atomic E-state index is 13.5. The average Bonchev–Trinajstić information content (AvgIpc) is 3.05. The number of benzene rings is 1. The molecule has 0 unspecified atom stereocenters. The summed E-state index contributed by atoms with van der Waals surface area (Å²) in [5.74, 6) is -1.81. The van der Waals surface area contributed by atoms with Gasteiger partial charge >= 0.3 is 0 Å². The van der Waals surface area contributed by atoms with Crippen LogP contribution in [0.1, 0.15) is 12.0 Å².